The summed E-state index contributed by atoms with van der Waals surface area (Å²) in [6, 6.07) is 25.2. The summed E-state index contributed by atoms with van der Waals surface area (Å²) >= 11 is 0. The molecule has 1 heterocycles. The van der Waals surface area contributed by atoms with Crippen molar-refractivity contribution in [3.05, 3.63) is 118 Å². The van der Waals surface area contributed by atoms with E-state index in [1.54, 1.807) is 36.4 Å². The number of fused-ring (bicyclic) bond motifs is 1. The molecule has 4 aromatic rings. The van der Waals surface area contributed by atoms with Crippen LogP contribution in [-0.4, -0.2) is 41.5 Å². The second kappa shape index (κ2) is 12.0. The van der Waals surface area contributed by atoms with Gasteiger partial charge < -0.3 is 14.8 Å². The smallest absolute Gasteiger partial charge is 0.262 e. The first-order valence-electron chi connectivity index (χ1n) is 14.8. The predicted octanol–water partition coefficient (Wildman–Crippen LogP) is 7.55. The second-order valence-corrected chi connectivity index (χ2v) is 12.1. The molecule has 0 fully saturated rings. The molecular weight excluding hydrogens is 568 g/mol. The highest BCUT2D eigenvalue weighted by Crippen LogP contribution is 2.37. The highest BCUT2D eigenvalue weighted by Gasteiger charge is 2.43. The average molecular weight is 605 g/mol. The van der Waals surface area contributed by atoms with Crippen LogP contribution in [0.15, 0.2) is 84.9 Å². The van der Waals surface area contributed by atoms with Crippen LogP contribution in [0.5, 0.6) is 23.0 Å². The van der Waals surface area contributed by atoms with Crippen molar-refractivity contribution < 1.29 is 28.7 Å². The Bertz CT molecular complexity index is 1790. The lowest BCUT2D eigenvalue weighted by Gasteiger charge is -2.32. The molecule has 1 aliphatic rings. The molecule has 8 heteroatoms. The van der Waals surface area contributed by atoms with E-state index in [9.17, 15) is 19.2 Å². The molecule has 0 saturated carbocycles. The molecule has 0 spiro atoms. The number of imide groups is 1. The summed E-state index contributed by atoms with van der Waals surface area (Å²) in [7, 11) is 1.51. The first-order chi connectivity index (χ1) is 21.4. The first kappa shape index (κ1) is 31.2. The number of carbonyl (C=O) groups is 4. The molecule has 0 radical (unpaired) electrons. The highest BCUT2D eigenvalue weighted by atomic mass is 16.5. The Kier molecular flexibility index (Phi) is 8.34. The van der Waals surface area contributed by atoms with E-state index < -0.39 is 5.54 Å². The Morgan fingerprint density at radius 1 is 0.733 bits per heavy atom. The van der Waals surface area contributed by atoms with Crippen LogP contribution in [0.2, 0.25) is 0 Å². The van der Waals surface area contributed by atoms with Crippen molar-refractivity contribution >= 4 is 24.0 Å². The number of nitrogens with zero attached hydrogens (tertiary/aromatic N) is 1. The SMILES string of the molecule is CCC(C)(C)N1C(=O)c2ccc(Oc3ccc(C(C)(C)c4ccc(Oc5ccc(C=O)c(C(=O)NC)c5)cc4)cc3)cc2C1=O. The minimum Gasteiger partial charge on any atom is -0.457 e. The summed E-state index contributed by atoms with van der Waals surface area (Å²) in [6.07, 6.45) is 1.30. The van der Waals surface area contributed by atoms with Gasteiger partial charge in [-0.25, -0.2) is 0 Å². The minimum absolute atomic E-state index is 0.248. The number of carbonyl (C=O) groups excluding carboxylic acids is 4. The van der Waals surface area contributed by atoms with Crippen molar-refractivity contribution in [2.75, 3.05) is 7.05 Å². The van der Waals surface area contributed by atoms with E-state index in [-0.39, 0.29) is 34.3 Å². The standard InChI is InChI=1S/C37H36N2O6/c1-7-36(2,3)39-34(42)30-19-18-29(21-32(30)35(39)43)45-27-16-11-25(12-17-27)37(4,5)24-9-14-26(15-10-24)44-28-13-8-23(22-40)31(20-28)33(41)38-6/h8-22H,7H2,1-6H3,(H,38,41). The fourth-order valence-corrected chi connectivity index (χ4v) is 5.34. The summed E-state index contributed by atoms with van der Waals surface area (Å²) in [5.74, 6) is 1.19. The van der Waals surface area contributed by atoms with E-state index in [1.807, 2.05) is 69.3 Å². The molecule has 45 heavy (non-hydrogen) atoms. The summed E-state index contributed by atoms with van der Waals surface area (Å²) in [6.45, 7) is 9.98. The number of hydrogen-bond acceptors (Lipinski definition) is 6. The van der Waals surface area contributed by atoms with Gasteiger partial charge >= 0.3 is 0 Å². The third-order valence-corrected chi connectivity index (χ3v) is 8.58. The second-order valence-electron chi connectivity index (χ2n) is 12.1. The van der Waals surface area contributed by atoms with Gasteiger partial charge in [0.2, 0.25) is 0 Å². The minimum atomic E-state index is -0.577. The van der Waals surface area contributed by atoms with E-state index in [1.165, 1.54) is 11.9 Å². The molecule has 0 bridgehead atoms. The molecule has 0 saturated heterocycles. The number of rotatable bonds is 10. The lowest BCUT2D eigenvalue weighted by molar-refractivity contribution is 0.0474. The van der Waals surface area contributed by atoms with E-state index in [4.69, 9.17) is 9.47 Å². The third kappa shape index (κ3) is 5.96. The lowest BCUT2D eigenvalue weighted by atomic mass is 9.78. The number of amides is 3. The lowest BCUT2D eigenvalue weighted by Crippen LogP contribution is -2.47. The van der Waals surface area contributed by atoms with E-state index in [2.05, 4.69) is 19.2 Å². The maximum atomic E-state index is 13.1. The molecule has 4 aromatic carbocycles. The molecule has 230 valence electrons. The van der Waals surface area contributed by atoms with Crippen molar-refractivity contribution in [3.8, 4) is 23.0 Å². The largest absolute Gasteiger partial charge is 0.457 e. The van der Waals surface area contributed by atoms with Gasteiger partial charge in [0.15, 0.2) is 6.29 Å². The van der Waals surface area contributed by atoms with E-state index in [0.717, 1.165) is 11.1 Å². The third-order valence-electron chi connectivity index (χ3n) is 8.58. The fourth-order valence-electron chi connectivity index (χ4n) is 5.34. The van der Waals surface area contributed by atoms with E-state index >= 15 is 0 Å². The first-order valence-corrected chi connectivity index (χ1v) is 14.8. The van der Waals surface area contributed by atoms with Crippen LogP contribution in [0.4, 0.5) is 0 Å². The summed E-state index contributed by atoms with van der Waals surface area (Å²) in [5, 5.41) is 2.54. The van der Waals surface area contributed by atoms with Crippen LogP contribution in [-0.2, 0) is 5.41 Å². The van der Waals surface area contributed by atoms with Crippen molar-refractivity contribution in [3.63, 3.8) is 0 Å². The van der Waals surface area contributed by atoms with Gasteiger partial charge in [0.05, 0.1) is 16.7 Å². The fraction of sp³-hybridized carbons (Fsp3) is 0.243. The number of benzene rings is 4. The van der Waals surface area contributed by atoms with Crippen molar-refractivity contribution in [2.24, 2.45) is 0 Å². The molecule has 1 aliphatic heterocycles. The maximum Gasteiger partial charge on any atom is 0.262 e. The van der Waals surface area contributed by atoms with Gasteiger partial charge in [-0.15, -0.1) is 0 Å². The average Bonchev–Trinajstić information content (AvgIpc) is 3.30. The predicted molar refractivity (Wildman–Crippen MR) is 172 cm³/mol. The van der Waals surface area contributed by atoms with Gasteiger partial charge in [0, 0.05) is 23.6 Å². The Morgan fingerprint density at radius 3 is 1.73 bits per heavy atom. The molecule has 5 rings (SSSR count). The molecular formula is C37H36N2O6. The van der Waals surface area contributed by atoms with Gasteiger partial charge in [-0.2, -0.15) is 0 Å². The van der Waals surface area contributed by atoms with Crippen molar-refractivity contribution in [1.82, 2.24) is 10.2 Å². The number of hydrogen-bond donors (Lipinski definition) is 1. The Hall–Kier alpha value is -5.24. The number of ether oxygens (including phenoxy) is 2. The van der Waals surface area contributed by atoms with Crippen LogP contribution < -0.4 is 14.8 Å². The molecule has 1 N–H and O–H groups in total. The molecule has 3 amide bonds. The highest BCUT2D eigenvalue weighted by molar-refractivity contribution is 6.22. The van der Waals surface area contributed by atoms with Crippen LogP contribution in [0.1, 0.15) is 93.6 Å². The van der Waals surface area contributed by atoms with Gasteiger partial charge in [0.1, 0.15) is 23.0 Å². The number of aldehydes is 1. The Labute approximate surface area is 263 Å². The Morgan fingerprint density at radius 2 is 1.22 bits per heavy atom. The van der Waals surface area contributed by atoms with Gasteiger partial charge in [-0.3, -0.25) is 24.1 Å². The van der Waals surface area contributed by atoms with Gasteiger partial charge in [-0.1, -0.05) is 45.0 Å². The maximum absolute atomic E-state index is 13.1. The van der Waals surface area contributed by atoms with Crippen LogP contribution >= 0.6 is 0 Å². The zero-order chi connectivity index (χ0) is 32.5. The van der Waals surface area contributed by atoms with Crippen LogP contribution in [0.3, 0.4) is 0 Å². The quantitative estimate of drug-likeness (QED) is 0.148. The monoisotopic (exact) mass is 604 g/mol. The molecule has 0 unspecified atom stereocenters. The summed E-state index contributed by atoms with van der Waals surface area (Å²) < 4.78 is 12.1. The molecule has 0 aliphatic carbocycles. The van der Waals surface area contributed by atoms with Crippen molar-refractivity contribution in [1.29, 1.82) is 0 Å². The molecule has 0 aromatic heterocycles. The normalized spacial score (nSPS) is 13.0. The topological polar surface area (TPSA) is 102 Å². The van der Waals surface area contributed by atoms with Crippen molar-refractivity contribution in [2.45, 2.75) is 52.0 Å². The van der Waals surface area contributed by atoms with Crippen LogP contribution in [0.25, 0.3) is 0 Å². The Balaban J connectivity index is 1.28. The zero-order valence-corrected chi connectivity index (χ0v) is 26.3. The van der Waals surface area contributed by atoms with E-state index in [0.29, 0.717) is 46.8 Å². The number of nitrogens with one attached hydrogen (secondary N) is 1. The zero-order valence-electron chi connectivity index (χ0n) is 26.3. The van der Waals surface area contributed by atoms with Crippen LogP contribution in [0, 0.1) is 0 Å². The summed E-state index contributed by atoms with van der Waals surface area (Å²) in [5.41, 5.74) is 2.50. The molecule has 8 nitrogen and oxygen atoms in total. The van der Waals surface area contributed by atoms with Gasteiger partial charge in [-0.05, 0) is 92.1 Å². The van der Waals surface area contributed by atoms with Gasteiger partial charge in [0.25, 0.3) is 17.7 Å². The molecule has 0 atom stereocenters. The summed E-state index contributed by atoms with van der Waals surface area (Å²) in [4.78, 5) is 50.9.